The molecule has 0 aromatic heterocycles. The van der Waals surface area contributed by atoms with Gasteiger partial charge in [-0.3, -0.25) is 0 Å². The second kappa shape index (κ2) is 7.13. The third kappa shape index (κ3) is 4.45. The highest BCUT2D eigenvalue weighted by Gasteiger charge is 2.33. The SMILES string of the molecule is CCNC(CCN(CC1CC1)C1CC1)c1ccccc1Cl. The van der Waals surface area contributed by atoms with Crippen LogP contribution in [0.5, 0.6) is 0 Å². The molecule has 0 amide bonds. The average molecular weight is 307 g/mol. The molecule has 0 spiro atoms. The molecule has 2 fully saturated rings. The second-order valence-corrected chi connectivity index (χ2v) is 7.00. The van der Waals surface area contributed by atoms with E-state index < -0.39 is 0 Å². The Labute approximate surface area is 133 Å². The van der Waals surface area contributed by atoms with Crippen molar-refractivity contribution in [2.24, 2.45) is 5.92 Å². The number of rotatable bonds is 9. The molecule has 1 N–H and O–H groups in total. The van der Waals surface area contributed by atoms with E-state index in [-0.39, 0.29) is 0 Å². The van der Waals surface area contributed by atoms with Gasteiger partial charge in [-0.15, -0.1) is 0 Å². The monoisotopic (exact) mass is 306 g/mol. The van der Waals surface area contributed by atoms with E-state index in [2.05, 4.69) is 29.3 Å². The summed E-state index contributed by atoms with van der Waals surface area (Å²) in [5, 5.41) is 4.50. The maximum atomic E-state index is 6.39. The van der Waals surface area contributed by atoms with E-state index >= 15 is 0 Å². The Balaban J connectivity index is 1.60. The van der Waals surface area contributed by atoms with E-state index in [1.165, 1.54) is 44.3 Å². The van der Waals surface area contributed by atoms with Crippen molar-refractivity contribution < 1.29 is 0 Å². The molecular weight excluding hydrogens is 280 g/mol. The number of nitrogens with zero attached hydrogens (tertiary/aromatic N) is 1. The van der Waals surface area contributed by atoms with Crippen molar-refractivity contribution in [2.45, 2.75) is 51.1 Å². The number of hydrogen-bond acceptors (Lipinski definition) is 2. The van der Waals surface area contributed by atoms with Crippen LogP contribution < -0.4 is 5.32 Å². The molecule has 2 aliphatic carbocycles. The molecule has 3 heteroatoms. The van der Waals surface area contributed by atoms with E-state index in [0.717, 1.165) is 29.9 Å². The summed E-state index contributed by atoms with van der Waals surface area (Å²) in [6, 6.07) is 9.53. The standard InChI is InChI=1S/C18H27ClN2/c1-2-20-18(16-5-3-4-6-17(16)19)11-12-21(15-9-10-15)13-14-7-8-14/h3-6,14-15,18,20H,2,7-13H2,1H3. The average Bonchev–Trinajstić information content (AvgIpc) is 3.36. The lowest BCUT2D eigenvalue weighted by Crippen LogP contribution is -2.32. The molecule has 2 nitrogen and oxygen atoms in total. The van der Waals surface area contributed by atoms with Gasteiger partial charge >= 0.3 is 0 Å². The third-order valence-electron chi connectivity index (χ3n) is 4.69. The van der Waals surface area contributed by atoms with Crippen LogP contribution in [0.25, 0.3) is 0 Å². The maximum absolute atomic E-state index is 6.39. The Morgan fingerprint density at radius 2 is 2.00 bits per heavy atom. The highest BCUT2D eigenvalue weighted by Crippen LogP contribution is 2.35. The zero-order valence-corrected chi connectivity index (χ0v) is 13.8. The smallest absolute Gasteiger partial charge is 0.0453 e. The topological polar surface area (TPSA) is 15.3 Å². The van der Waals surface area contributed by atoms with Gasteiger partial charge in [0.05, 0.1) is 0 Å². The summed E-state index contributed by atoms with van der Waals surface area (Å²) < 4.78 is 0. The van der Waals surface area contributed by atoms with E-state index in [1.807, 2.05) is 12.1 Å². The van der Waals surface area contributed by atoms with Gasteiger partial charge in [-0.05, 0) is 56.2 Å². The molecule has 3 rings (SSSR count). The van der Waals surface area contributed by atoms with E-state index in [4.69, 9.17) is 11.6 Å². The molecule has 0 radical (unpaired) electrons. The first-order valence-electron chi connectivity index (χ1n) is 8.49. The molecule has 2 aliphatic rings. The normalized spacial score (nSPS) is 20.0. The van der Waals surface area contributed by atoms with Crippen LogP contribution in [0.3, 0.4) is 0 Å². The summed E-state index contributed by atoms with van der Waals surface area (Å²) in [5.41, 5.74) is 1.25. The van der Waals surface area contributed by atoms with Gasteiger partial charge < -0.3 is 10.2 Å². The lowest BCUT2D eigenvalue weighted by Gasteiger charge is -2.26. The Bertz CT molecular complexity index is 454. The maximum Gasteiger partial charge on any atom is 0.0453 e. The van der Waals surface area contributed by atoms with Crippen molar-refractivity contribution >= 4 is 11.6 Å². The molecule has 1 atom stereocenters. The molecule has 21 heavy (non-hydrogen) atoms. The van der Waals surface area contributed by atoms with Gasteiger partial charge in [0.25, 0.3) is 0 Å². The Morgan fingerprint density at radius 3 is 2.62 bits per heavy atom. The van der Waals surface area contributed by atoms with Crippen LogP contribution in [-0.2, 0) is 0 Å². The summed E-state index contributed by atoms with van der Waals surface area (Å²) in [6.07, 6.45) is 6.87. The van der Waals surface area contributed by atoms with Gasteiger partial charge in [0.15, 0.2) is 0 Å². The zero-order chi connectivity index (χ0) is 14.7. The fourth-order valence-electron chi connectivity index (χ4n) is 3.16. The quantitative estimate of drug-likeness (QED) is 0.733. The van der Waals surface area contributed by atoms with Crippen LogP contribution in [0.1, 0.15) is 50.6 Å². The zero-order valence-electron chi connectivity index (χ0n) is 13.0. The first kappa shape index (κ1) is 15.3. The Morgan fingerprint density at radius 1 is 1.24 bits per heavy atom. The Hall–Kier alpha value is -0.570. The highest BCUT2D eigenvalue weighted by atomic mass is 35.5. The largest absolute Gasteiger partial charge is 0.310 e. The van der Waals surface area contributed by atoms with Crippen LogP contribution in [0.4, 0.5) is 0 Å². The molecule has 1 aromatic carbocycles. The van der Waals surface area contributed by atoms with Crippen molar-refractivity contribution in [1.82, 2.24) is 10.2 Å². The summed E-state index contributed by atoms with van der Waals surface area (Å²) in [6.45, 7) is 5.69. The Kier molecular flexibility index (Phi) is 5.20. The molecule has 0 bridgehead atoms. The van der Waals surface area contributed by atoms with Crippen molar-refractivity contribution in [2.75, 3.05) is 19.6 Å². The molecule has 1 aromatic rings. The van der Waals surface area contributed by atoms with E-state index in [1.54, 1.807) is 0 Å². The summed E-state index contributed by atoms with van der Waals surface area (Å²) in [7, 11) is 0. The highest BCUT2D eigenvalue weighted by molar-refractivity contribution is 6.31. The minimum absolute atomic E-state index is 0.379. The van der Waals surface area contributed by atoms with Gasteiger partial charge in [0.2, 0.25) is 0 Å². The minimum Gasteiger partial charge on any atom is -0.310 e. The van der Waals surface area contributed by atoms with E-state index in [0.29, 0.717) is 6.04 Å². The van der Waals surface area contributed by atoms with Gasteiger partial charge in [-0.1, -0.05) is 36.7 Å². The lowest BCUT2D eigenvalue weighted by atomic mass is 10.0. The molecular formula is C18H27ClN2. The minimum atomic E-state index is 0.379. The van der Waals surface area contributed by atoms with Crippen LogP contribution in [-0.4, -0.2) is 30.6 Å². The van der Waals surface area contributed by atoms with Gasteiger partial charge in [-0.2, -0.15) is 0 Å². The molecule has 0 saturated heterocycles. The van der Waals surface area contributed by atoms with Crippen LogP contribution in [0.2, 0.25) is 5.02 Å². The molecule has 2 saturated carbocycles. The lowest BCUT2D eigenvalue weighted by molar-refractivity contribution is 0.238. The van der Waals surface area contributed by atoms with Crippen molar-refractivity contribution in [3.8, 4) is 0 Å². The van der Waals surface area contributed by atoms with Crippen molar-refractivity contribution in [3.63, 3.8) is 0 Å². The molecule has 116 valence electrons. The molecule has 0 heterocycles. The fourth-order valence-corrected chi connectivity index (χ4v) is 3.43. The third-order valence-corrected chi connectivity index (χ3v) is 5.03. The van der Waals surface area contributed by atoms with Crippen LogP contribution >= 0.6 is 11.6 Å². The molecule has 0 aliphatic heterocycles. The van der Waals surface area contributed by atoms with Crippen molar-refractivity contribution in [3.05, 3.63) is 34.9 Å². The summed E-state index contributed by atoms with van der Waals surface area (Å²) in [4.78, 5) is 2.73. The first-order chi connectivity index (χ1) is 10.3. The van der Waals surface area contributed by atoms with Crippen molar-refractivity contribution in [1.29, 1.82) is 0 Å². The van der Waals surface area contributed by atoms with Gasteiger partial charge in [0, 0.05) is 30.2 Å². The number of halogens is 1. The number of hydrogen-bond donors (Lipinski definition) is 1. The predicted octanol–water partition coefficient (Wildman–Crippen LogP) is 4.26. The van der Waals surface area contributed by atoms with Crippen LogP contribution in [0.15, 0.2) is 24.3 Å². The second-order valence-electron chi connectivity index (χ2n) is 6.59. The van der Waals surface area contributed by atoms with E-state index in [9.17, 15) is 0 Å². The first-order valence-corrected chi connectivity index (χ1v) is 8.87. The fraction of sp³-hybridized carbons (Fsp3) is 0.667. The number of benzene rings is 1. The summed E-state index contributed by atoms with van der Waals surface area (Å²) in [5.74, 6) is 0.989. The molecule has 1 unspecified atom stereocenters. The van der Waals surface area contributed by atoms with Gasteiger partial charge in [0.1, 0.15) is 0 Å². The predicted molar refractivity (Wildman–Crippen MR) is 89.8 cm³/mol. The number of nitrogens with one attached hydrogen (secondary N) is 1. The van der Waals surface area contributed by atoms with Crippen LogP contribution in [0, 0.1) is 5.92 Å². The summed E-state index contributed by atoms with van der Waals surface area (Å²) >= 11 is 6.39. The van der Waals surface area contributed by atoms with Gasteiger partial charge in [-0.25, -0.2) is 0 Å².